The van der Waals surface area contributed by atoms with Crippen molar-refractivity contribution in [3.63, 3.8) is 0 Å². The molecule has 2 aliphatic heterocycles. The summed E-state index contributed by atoms with van der Waals surface area (Å²) < 4.78 is 41.1. The topological polar surface area (TPSA) is 49.4 Å². The molecule has 0 saturated carbocycles. The summed E-state index contributed by atoms with van der Waals surface area (Å²) in [5, 5.41) is 0. The van der Waals surface area contributed by atoms with E-state index < -0.39 is 15.8 Å². The quantitative estimate of drug-likeness (QED) is 0.826. The van der Waals surface area contributed by atoms with Gasteiger partial charge in [0.05, 0.1) is 4.90 Å². The van der Waals surface area contributed by atoms with Crippen LogP contribution >= 0.6 is 0 Å². The SMILES string of the molecule is O=S(=O)(NC1CC2CCC(C1)N2CCc1ccccc1)c1ccc(F)cc1. The zero-order valence-corrected chi connectivity index (χ0v) is 16.0. The molecule has 4 nitrogen and oxygen atoms in total. The molecule has 2 unspecified atom stereocenters. The summed E-state index contributed by atoms with van der Waals surface area (Å²) in [4.78, 5) is 2.69. The molecule has 27 heavy (non-hydrogen) atoms. The minimum Gasteiger partial charge on any atom is -0.297 e. The Morgan fingerprint density at radius 2 is 1.59 bits per heavy atom. The molecule has 2 atom stereocenters. The van der Waals surface area contributed by atoms with Crippen molar-refractivity contribution >= 4 is 10.0 Å². The number of fused-ring (bicyclic) bond motifs is 2. The highest BCUT2D eigenvalue weighted by Crippen LogP contribution is 2.36. The standard InChI is InChI=1S/C21H25FN2O2S/c22-17-6-10-21(11-7-17)27(25,26)23-18-14-19-8-9-20(15-18)24(19)13-12-16-4-2-1-3-5-16/h1-7,10-11,18-20,23H,8-9,12-15H2. The molecule has 0 spiro atoms. The largest absolute Gasteiger partial charge is 0.297 e. The van der Waals surface area contributed by atoms with E-state index in [1.54, 1.807) is 0 Å². The fourth-order valence-corrected chi connectivity index (χ4v) is 5.80. The van der Waals surface area contributed by atoms with Gasteiger partial charge in [-0.1, -0.05) is 30.3 Å². The highest BCUT2D eigenvalue weighted by molar-refractivity contribution is 7.89. The Morgan fingerprint density at radius 3 is 2.22 bits per heavy atom. The first-order valence-corrected chi connectivity index (χ1v) is 11.1. The summed E-state index contributed by atoms with van der Waals surface area (Å²) in [6.45, 7) is 1.02. The van der Waals surface area contributed by atoms with Crippen LogP contribution in [0.5, 0.6) is 0 Å². The highest BCUT2D eigenvalue weighted by atomic mass is 32.2. The molecule has 0 radical (unpaired) electrons. The van der Waals surface area contributed by atoms with Gasteiger partial charge in [-0.3, -0.25) is 4.90 Å². The number of sulfonamides is 1. The first kappa shape index (κ1) is 18.6. The molecule has 2 bridgehead atoms. The van der Waals surface area contributed by atoms with E-state index in [0.717, 1.165) is 38.6 Å². The Kier molecular flexibility index (Phi) is 5.30. The van der Waals surface area contributed by atoms with Crippen LogP contribution in [-0.2, 0) is 16.4 Å². The predicted molar refractivity (Wildman–Crippen MR) is 103 cm³/mol. The fraction of sp³-hybridized carbons (Fsp3) is 0.429. The average Bonchev–Trinajstić information content (AvgIpc) is 2.89. The van der Waals surface area contributed by atoms with Crippen molar-refractivity contribution < 1.29 is 12.8 Å². The van der Waals surface area contributed by atoms with E-state index in [9.17, 15) is 12.8 Å². The van der Waals surface area contributed by atoms with Gasteiger partial charge < -0.3 is 0 Å². The lowest BCUT2D eigenvalue weighted by atomic mass is 9.97. The first-order chi connectivity index (χ1) is 13.0. The Morgan fingerprint density at radius 1 is 0.963 bits per heavy atom. The molecule has 2 aromatic carbocycles. The van der Waals surface area contributed by atoms with Crippen LogP contribution < -0.4 is 4.72 Å². The highest BCUT2D eigenvalue weighted by Gasteiger charge is 2.41. The van der Waals surface area contributed by atoms with Gasteiger partial charge in [-0.2, -0.15) is 0 Å². The van der Waals surface area contributed by atoms with Gasteiger partial charge in [0.25, 0.3) is 0 Å². The van der Waals surface area contributed by atoms with Crippen LogP contribution in [0, 0.1) is 5.82 Å². The first-order valence-electron chi connectivity index (χ1n) is 9.59. The maximum atomic E-state index is 13.1. The molecule has 1 N–H and O–H groups in total. The van der Waals surface area contributed by atoms with Crippen LogP contribution in [0.3, 0.4) is 0 Å². The zero-order chi connectivity index (χ0) is 18.9. The van der Waals surface area contributed by atoms with E-state index in [0.29, 0.717) is 12.1 Å². The van der Waals surface area contributed by atoms with Crippen LogP contribution in [0.25, 0.3) is 0 Å². The molecule has 2 aromatic rings. The summed E-state index contributed by atoms with van der Waals surface area (Å²) in [6, 6.07) is 16.3. The van der Waals surface area contributed by atoms with Crippen molar-refractivity contribution in [2.24, 2.45) is 0 Å². The molecule has 0 amide bonds. The minimum atomic E-state index is -3.60. The number of benzene rings is 2. The van der Waals surface area contributed by atoms with E-state index >= 15 is 0 Å². The molecule has 2 fully saturated rings. The smallest absolute Gasteiger partial charge is 0.240 e. The molecule has 4 rings (SSSR count). The van der Waals surface area contributed by atoms with E-state index in [1.807, 2.05) is 6.07 Å². The van der Waals surface area contributed by atoms with Crippen LogP contribution in [0.15, 0.2) is 59.5 Å². The van der Waals surface area contributed by atoms with Crippen molar-refractivity contribution in [1.29, 1.82) is 0 Å². The van der Waals surface area contributed by atoms with Gasteiger partial charge in [0.15, 0.2) is 0 Å². The Bertz CT molecular complexity index is 857. The van der Waals surface area contributed by atoms with Gasteiger partial charge in [0.1, 0.15) is 5.82 Å². The number of rotatable bonds is 6. The molecule has 2 aliphatic rings. The van der Waals surface area contributed by atoms with Crippen LogP contribution in [0.4, 0.5) is 4.39 Å². The van der Waals surface area contributed by atoms with Crippen molar-refractivity contribution in [2.45, 2.75) is 55.1 Å². The summed E-state index contributed by atoms with van der Waals surface area (Å²) in [6.07, 6.45) is 4.97. The van der Waals surface area contributed by atoms with E-state index in [-0.39, 0.29) is 10.9 Å². The zero-order valence-electron chi connectivity index (χ0n) is 15.2. The maximum Gasteiger partial charge on any atom is 0.240 e. The molecular weight excluding hydrogens is 363 g/mol. The third-order valence-electron chi connectivity index (χ3n) is 5.83. The molecule has 144 valence electrons. The normalized spacial score (nSPS) is 25.6. The summed E-state index contributed by atoms with van der Waals surface area (Å²) in [5.74, 6) is -0.432. The van der Waals surface area contributed by atoms with Gasteiger partial charge >= 0.3 is 0 Å². The van der Waals surface area contributed by atoms with E-state index in [2.05, 4.69) is 33.9 Å². The lowest BCUT2D eigenvalue weighted by Gasteiger charge is -2.39. The number of piperidine rings is 1. The monoisotopic (exact) mass is 388 g/mol. The third kappa shape index (κ3) is 4.23. The summed E-state index contributed by atoms with van der Waals surface area (Å²) >= 11 is 0. The average molecular weight is 389 g/mol. The number of nitrogens with zero attached hydrogens (tertiary/aromatic N) is 1. The van der Waals surface area contributed by atoms with Crippen LogP contribution in [0.1, 0.15) is 31.2 Å². The number of hydrogen-bond acceptors (Lipinski definition) is 3. The molecular formula is C21H25FN2O2S. The number of halogens is 1. The van der Waals surface area contributed by atoms with Crippen molar-refractivity contribution in [2.75, 3.05) is 6.54 Å². The Balaban J connectivity index is 1.37. The Hall–Kier alpha value is -1.76. The lowest BCUT2D eigenvalue weighted by Crippen LogP contribution is -2.50. The summed E-state index contributed by atoms with van der Waals surface area (Å²) in [5.41, 5.74) is 1.34. The second kappa shape index (κ2) is 7.70. The van der Waals surface area contributed by atoms with Crippen molar-refractivity contribution in [1.82, 2.24) is 9.62 Å². The van der Waals surface area contributed by atoms with Crippen molar-refractivity contribution in [3.05, 3.63) is 66.0 Å². The molecule has 0 aliphatic carbocycles. The van der Waals surface area contributed by atoms with Crippen LogP contribution in [0.2, 0.25) is 0 Å². The molecule has 2 saturated heterocycles. The lowest BCUT2D eigenvalue weighted by molar-refractivity contribution is 0.125. The van der Waals surface area contributed by atoms with Gasteiger partial charge in [0.2, 0.25) is 10.0 Å². The minimum absolute atomic E-state index is 0.0504. The number of nitrogens with one attached hydrogen (secondary N) is 1. The Labute approximate surface area is 160 Å². The second-order valence-electron chi connectivity index (χ2n) is 7.60. The third-order valence-corrected chi connectivity index (χ3v) is 7.37. The van der Waals surface area contributed by atoms with Gasteiger partial charge in [0, 0.05) is 24.7 Å². The van der Waals surface area contributed by atoms with Crippen LogP contribution in [-0.4, -0.2) is 38.0 Å². The molecule has 0 aromatic heterocycles. The second-order valence-corrected chi connectivity index (χ2v) is 9.32. The van der Waals surface area contributed by atoms with E-state index in [1.165, 1.54) is 29.8 Å². The van der Waals surface area contributed by atoms with Gasteiger partial charge in [-0.25, -0.2) is 17.5 Å². The fourth-order valence-electron chi connectivity index (χ4n) is 4.54. The van der Waals surface area contributed by atoms with Gasteiger partial charge in [-0.15, -0.1) is 0 Å². The number of hydrogen-bond donors (Lipinski definition) is 1. The predicted octanol–water partition coefficient (Wildman–Crippen LogP) is 3.34. The maximum absolute atomic E-state index is 13.1. The summed E-state index contributed by atoms with van der Waals surface area (Å²) in [7, 11) is -3.60. The molecule has 6 heteroatoms. The van der Waals surface area contributed by atoms with Gasteiger partial charge in [-0.05, 0) is 61.9 Å². The van der Waals surface area contributed by atoms with E-state index in [4.69, 9.17) is 0 Å². The van der Waals surface area contributed by atoms with Crippen molar-refractivity contribution in [3.8, 4) is 0 Å². The molecule has 2 heterocycles.